The normalized spacial score (nSPS) is 14.5. The summed E-state index contributed by atoms with van der Waals surface area (Å²) in [7, 11) is 0. The van der Waals surface area contributed by atoms with Crippen molar-refractivity contribution in [3.8, 4) is 0 Å². The highest BCUT2D eigenvalue weighted by Gasteiger charge is 2.34. The Morgan fingerprint density at radius 1 is 1.41 bits per heavy atom. The van der Waals surface area contributed by atoms with Crippen LogP contribution in [0.3, 0.4) is 0 Å². The first-order valence-corrected chi connectivity index (χ1v) is 7.68. The lowest BCUT2D eigenvalue weighted by Gasteiger charge is -2.27. The molecule has 1 fully saturated rings. The molecule has 0 atom stereocenters. The van der Waals surface area contributed by atoms with Crippen molar-refractivity contribution in [2.45, 2.75) is 51.7 Å². The van der Waals surface area contributed by atoms with E-state index >= 15 is 0 Å². The minimum atomic E-state index is -0.488. The number of rotatable bonds is 6. The maximum absolute atomic E-state index is 12.2. The van der Waals surface area contributed by atoms with Crippen LogP contribution in [0.25, 0.3) is 0 Å². The Morgan fingerprint density at radius 2 is 2.14 bits per heavy atom. The molecule has 0 aliphatic heterocycles. The van der Waals surface area contributed by atoms with Crippen molar-refractivity contribution in [1.82, 2.24) is 10.2 Å². The average molecular weight is 308 g/mol. The molecule has 6 heteroatoms. The monoisotopic (exact) mass is 308 g/mol. The molecule has 1 aromatic rings. The van der Waals surface area contributed by atoms with Gasteiger partial charge in [0.05, 0.1) is 6.26 Å². The summed E-state index contributed by atoms with van der Waals surface area (Å²) in [6, 6.07) is 3.58. The summed E-state index contributed by atoms with van der Waals surface area (Å²) in [5.41, 5.74) is -0.488. The number of furan rings is 1. The Kier molecular flexibility index (Phi) is 5.11. The minimum Gasteiger partial charge on any atom is -0.459 e. The molecule has 2 rings (SSSR count). The lowest BCUT2D eigenvalue weighted by atomic mass is 10.2. The fourth-order valence-corrected chi connectivity index (χ4v) is 2.08. The van der Waals surface area contributed by atoms with Crippen LogP contribution in [0.15, 0.2) is 22.8 Å². The van der Waals surface area contributed by atoms with Gasteiger partial charge in [-0.15, -0.1) is 0 Å². The van der Waals surface area contributed by atoms with E-state index < -0.39 is 5.60 Å². The largest absolute Gasteiger partial charge is 0.459 e. The second kappa shape index (κ2) is 6.85. The predicted octanol–water partition coefficient (Wildman–Crippen LogP) is 2.80. The molecule has 1 heterocycles. The summed E-state index contributed by atoms with van der Waals surface area (Å²) in [4.78, 5) is 25.6. The van der Waals surface area contributed by atoms with Crippen LogP contribution >= 0.6 is 0 Å². The fraction of sp³-hybridized carbons (Fsp3) is 0.625. The molecule has 0 radical (unpaired) electrons. The maximum atomic E-state index is 12.2. The van der Waals surface area contributed by atoms with E-state index in [-0.39, 0.29) is 18.0 Å². The van der Waals surface area contributed by atoms with Gasteiger partial charge in [0.15, 0.2) is 5.76 Å². The van der Waals surface area contributed by atoms with Gasteiger partial charge in [-0.1, -0.05) is 0 Å². The van der Waals surface area contributed by atoms with E-state index in [4.69, 9.17) is 9.15 Å². The van der Waals surface area contributed by atoms with Crippen molar-refractivity contribution in [3.63, 3.8) is 0 Å². The van der Waals surface area contributed by atoms with Crippen molar-refractivity contribution >= 4 is 12.0 Å². The molecule has 0 spiro atoms. The number of nitrogens with one attached hydrogen (secondary N) is 1. The third kappa shape index (κ3) is 5.09. The van der Waals surface area contributed by atoms with Gasteiger partial charge in [0.1, 0.15) is 5.60 Å². The minimum absolute atomic E-state index is 0.236. The van der Waals surface area contributed by atoms with Crippen molar-refractivity contribution in [3.05, 3.63) is 24.2 Å². The Balaban J connectivity index is 1.73. The van der Waals surface area contributed by atoms with Crippen LogP contribution in [0.4, 0.5) is 4.79 Å². The molecular formula is C16H24N2O4. The number of nitrogens with zero attached hydrogens (tertiary/aromatic N) is 1. The van der Waals surface area contributed by atoms with E-state index in [2.05, 4.69) is 5.32 Å². The van der Waals surface area contributed by atoms with Crippen molar-refractivity contribution in [1.29, 1.82) is 0 Å². The number of hydrogen-bond donors (Lipinski definition) is 1. The van der Waals surface area contributed by atoms with E-state index in [1.807, 2.05) is 20.8 Å². The number of hydrogen-bond acceptors (Lipinski definition) is 4. The van der Waals surface area contributed by atoms with Gasteiger partial charge in [0, 0.05) is 19.1 Å². The first-order valence-electron chi connectivity index (χ1n) is 7.68. The van der Waals surface area contributed by atoms with Crippen LogP contribution in [-0.4, -0.2) is 41.6 Å². The fourth-order valence-electron chi connectivity index (χ4n) is 2.08. The highest BCUT2D eigenvalue weighted by Crippen LogP contribution is 2.28. The Hall–Kier alpha value is -1.98. The van der Waals surface area contributed by atoms with Crippen LogP contribution in [0.1, 0.15) is 50.6 Å². The molecule has 0 aromatic carbocycles. The Bertz CT molecular complexity index is 501. The third-order valence-electron chi connectivity index (χ3n) is 3.22. The molecule has 2 amide bonds. The standard InChI is InChI=1S/C16H24N2O4/c1-16(2,3)22-15(20)18(12-7-8-12)10-5-9-17-14(19)13-6-4-11-21-13/h4,6,11-12H,5,7-10H2,1-3H3,(H,17,19). The molecule has 22 heavy (non-hydrogen) atoms. The zero-order valence-electron chi connectivity index (χ0n) is 13.4. The first kappa shape index (κ1) is 16.4. The third-order valence-corrected chi connectivity index (χ3v) is 3.22. The molecule has 0 bridgehead atoms. The highest BCUT2D eigenvalue weighted by molar-refractivity contribution is 5.91. The maximum Gasteiger partial charge on any atom is 0.410 e. The molecule has 6 nitrogen and oxygen atoms in total. The summed E-state index contributed by atoms with van der Waals surface area (Å²) in [5.74, 6) is 0.0615. The quantitative estimate of drug-likeness (QED) is 0.820. The molecule has 0 saturated heterocycles. The lowest BCUT2D eigenvalue weighted by molar-refractivity contribution is 0.0232. The van der Waals surface area contributed by atoms with Crippen LogP contribution in [0.5, 0.6) is 0 Å². The SMILES string of the molecule is CC(C)(C)OC(=O)N(CCCNC(=O)c1ccco1)C1CC1. The summed E-state index contributed by atoms with van der Waals surface area (Å²) in [6.07, 6.45) is 3.93. The van der Waals surface area contributed by atoms with Gasteiger partial charge >= 0.3 is 6.09 Å². The molecule has 1 N–H and O–H groups in total. The molecule has 122 valence electrons. The van der Waals surface area contributed by atoms with Crippen LogP contribution in [0.2, 0.25) is 0 Å². The predicted molar refractivity (Wildman–Crippen MR) is 81.6 cm³/mol. The van der Waals surface area contributed by atoms with E-state index in [0.717, 1.165) is 12.8 Å². The highest BCUT2D eigenvalue weighted by atomic mass is 16.6. The zero-order chi connectivity index (χ0) is 16.2. The molecule has 0 unspecified atom stereocenters. The average Bonchev–Trinajstić information content (AvgIpc) is 3.09. The Morgan fingerprint density at radius 3 is 2.68 bits per heavy atom. The van der Waals surface area contributed by atoms with E-state index in [9.17, 15) is 9.59 Å². The smallest absolute Gasteiger partial charge is 0.410 e. The van der Waals surface area contributed by atoms with Gasteiger partial charge in [0.25, 0.3) is 5.91 Å². The Labute approximate surface area is 130 Å². The molecule has 1 aliphatic rings. The summed E-state index contributed by atoms with van der Waals surface area (Å²) in [5, 5.41) is 2.78. The van der Waals surface area contributed by atoms with Gasteiger partial charge < -0.3 is 19.4 Å². The zero-order valence-corrected chi connectivity index (χ0v) is 13.4. The van der Waals surface area contributed by atoms with Crippen molar-refractivity contribution in [2.75, 3.05) is 13.1 Å². The van der Waals surface area contributed by atoms with Crippen molar-refractivity contribution < 1.29 is 18.7 Å². The van der Waals surface area contributed by atoms with Crippen LogP contribution < -0.4 is 5.32 Å². The van der Waals surface area contributed by atoms with Gasteiger partial charge in [-0.05, 0) is 52.2 Å². The van der Waals surface area contributed by atoms with Gasteiger partial charge in [-0.2, -0.15) is 0 Å². The van der Waals surface area contributed by atoms with Crippen LogP contribution in [-0.2, 0) is 4.74 Å². The van der Waals surface area contributed by atoms with Gasteiger partial charge in [-0.25, -0.2) is 4.79 Å². The summed E-state index contributed by atoms with van der Waals surface area (Å²) < 4.78 is 10.4. The molecule has 1 saturated carbocycles. The second-order valence-corrected chi connectivity index (χ2v) is 6.49. The molecule has 1 aromatic heterocycles. The number of amides is 2. The van der Waals surface area contributed by atoms with E-state index in [0.29, 0.717) is 25.3 Å². The van der Waals surface area contributed by atoms with E-state index in [1.165, 1.54) is 6.26 Å². The molecule has 1 aliphatic carbocycles. The summed E-state index contributed by atoms with van der Waals surface area (Å²) >= 11 is 0. The van der Waals surface area contributed by atoms with Crippen molar-refractivity contribution in [2.24, 2.45) is 0 Å². The van der Waals surface area contributed by atoms with Gasteiger partial charge in [-0.3, -0.25) is 4.79 Å². The second-order valence-electron chi connectivity index (χ2n) is 6.49. The van der Waals surface area contributed by atoms with E-state index in [1.54, 1.807) is 17.0 Å². The number of carbonyl (C=O) groups excluding carboxylic acids is 2. The number of ether oxygens (including phenoxy) is 1. The molecular weight excluding hydrogens is 284 g/mol. The summed E-state index contributed by atoms with van der Waals surface area (Å²) in [6.45, 7) is 6.66. The number of carbonyl (C=O) groups is 2. The van der Waals surface area contributed by atoms with Crippen LogP contribution in [0, 0.1) is 0 Å². The topological polar surface area (TPSA) is 71.8 Å². The lowest BCUT2D eigenvalue weighted by Crippen LogP contribution is -2.39. The van der Waals surface area contributed by atoms with Gasteiger partial charge in [0.2, 0.25) is 0 Å². The first-order chi connectivity index (χ1) is 10.4.